The van der Waals surface area contributed by atoms with E-state index in [-0.39, 0.29) is 0 Å². The summed E-state index contributed by atoms with van der Waals surface area (Å²) in [6, 6.07) is 2.05. The van der Waals surface area contributed by atoms with E-state index >= 15 is 0 Å². The van der Waals surface area contributed by atoms with Crippen molar-refractivity contribution in [2.24, 2.45) is 12.8 Å². The van der Waals surface area contributed by atoms with E-state index in [1.54, 1.807) is 11.3 Å². The van der Waals surface area contributed by atoms with Gasteiger partial charge in [-0.3, -0.25) is 0 Å². The lowest BCUT2D eigenvalue weighted by molar-refractivity contribution is 0.898. The van der Waals surface area contributed by atoms with Gasteiger partial charge in [0.15, 0.2) is 0 Å². The third-order valence-corrected chi connectivity index (χ3v) is 3.66. The Bertz CT molecular complexity index is 611. The first-order valence-corrected chi connectivity index (χ1v) is 5.78. The van der Waals surface area contributed by atoms with Gasteiger partial charge in [0.2, 0.25) is 0 Å². The standard InChI is InChI=1S/C11H10N2S2/c1-13-7-8(3-2-5-12)9-4-6-15-10(9)11(13)14/h4,6-7H,5,12H2,1H3. The van der Waals surface area contributed by atoms with Gasteiger partial charge in [0.1, 0.15) is 4.64 Å². The van der Waals surface area contributed by atoms with E-state index in [4.69, 9.17) is 18.0 Å². The molecule has 0 spiro atoms. The van der Waals surface area contributed by atoms with Gasteiger partial charge in [-0.05, 0) is 11.4 Å². The van der Waals surface area contributed by atoms with Gasteiger partial charge in [-0.25, -0.2) is 0 Å². The molecule has 0 amide bonds. The summed E-state index contributed by atoms with van der Waals surface area (Å²) < 4.78 is 3.91. The quantitative estimate of drug-likeness (QED) is 0.560. The number of fused-ring (bicyclic) bond motifs is 1. The second-order valence-corrected chi connectivity index (χ2v) is 4.43. The summed E-state index contributed by atoms with van der Waals surface area (Å²) in [4.78, 5) is 0. The van der Waals surface area contributed by atoms with Crippen LogP contribution >= 0.6 is 23.6 Å². The van der Waals surface area contributed by atoms with Gasteiger partial charge in [0, 0.05) is 24.2 Å². The van der Waals surface area contributed by atoms with Crippen molar-refractivity contribution in [1.29, 1.82) is 0 Å². The van der Waals surface area contributed by atoms with Gasteiger partial charge >= 0.3 is 0 Å². The van der Waals surface area contributed by atoms with E-state index in [1.807, 2.05) is 23.2 Å². The molecule has 0 saturated heterocycles. The minimum absolute atomic E-state index is 0.380. The molecule has 0 fully saturated rings. The lowest BCUT2D eigenvalue weighted by Gasteiger charge is -2.01. The van der Waals surface area contributed by atoms with Crippen LogP contribution in [-0.4, -0.2) is 11.1 Å². The molecule has 2 aromatic heterocycles. The highest BCUT2D eigenvalue weighted by Gasteiger charge is 2.03. The van der Waals surface area contributed by atoms with Crippen molar-refractivity contribution in [2.45, 2.75) is 0 Å². The van der Waals surface area contributed by atoms with Gasteiger partial charge in [-0.2, -0.15) is 0 Å². The van der Waals surface area contributed by atoms with Gasteiger partial charge in [0.25, 0.3) is 0 Å². The molecule has 0 bridgehead atoms. The molecule has 2 aromatic rings. The Balaban J connectivity index is 2.80. The molecule has 0 aliphatic heterocycles. The summed E-state index contributed by atoms with van der Waals surface area (Å²) in [6.45, 7) is 0.380. The Morgan fingerprint density at radius 3 is 3.13 bits per heavy atom. The molecule has 76 valence electrons. The van der Waals surface area contributed by atoms with Crippen LogP contribution in [0.2, 0.25) is 0 Å². The molecule has 0 saturated carbocycles. The van der Waals surface area contributed by atoms with Crippen LogP contribution in [0.5, 0.6) is 0 Å². The molecule has 2 heterocycles. The van der Waals surface area contributed by atoms with Crippen LogP contribution in [-0.2, 0) is 7.05 Å². The topological polar surface area (TPSA) is 30.9 Å². The van der Waals surface area contributed by atoms with E-state index in [2.05, 4.69) is 17.9 Å². The van der Waals surface area contributed by atoms with Crippen molar-refractivity contribution in [2.75, 3.05) is 6.54 Å². The van der Waals surface area contributed by atoms with Crippen molar-refractivity contribution >= 4 is 33.6 Å². The van der Waals surface area contributed by atoms with Gasteiger partial charge in [-0.1, -0.05) is 24.1 Å². The molecule has 2 rings (SSSR count). The van der Waals surface area contributed by atoms with Crippen molar-refractivity contribution in [3.63, 3.8) is 0 Å². The van der Waals surface area contributed by atoms with Gasteiger partial charge in [-0.15, -0.1) is 11.3 Å². The number of rotatable bonds is 0. The van der Waals surface area contributed by atoms with Crippen LogP contribution in [0.3, 0.4) is 0 Å². The third kappa shape index (κ3) is 1.82. The Morgan fingerprint density at radius 2 is 2.40 bits per heavy atom. The van der Waals surface area contributed by atoms with Crippen LogP contribution in [0.4, 0.5) is 0 Å². The predicted octanol–water partition coefficient (Wildman–Crippen LogP) is 2.28. The largest absolute Gasteiger partial charge is 0.340 e. The van der Waals surface area contributed by atoms with E-state index < -0.39 is 0 Å². The minimum atomic E-state index is 0.380. The fraction of sp³-hybridized carbons (Fsp3) is 0.182. The molecule has 0 aliphatic rings. The summed E-state index contributed by atoms with van der Waals surface area (Å²) in [5, 5.41) is 3.16. The maximum atomic E-state index is 5.37. The molecule has 0 radical (unpaired) electrons. The smallest absolute Gasteiger partial charge is 0.123 e. The van der Waals surface area contributed by atoms with Crippen molar-refractivity contribution in [1.82, 2.24) is 4.57 Å². The van der Waals surface area contributed by atoms with E-state index in [9.17, 15) is 0 Å². The third-order valence-electron chi connectivity index (χ3n) is 2.12. The van der Waals surface area contributed by atoms with Crippen LogP contribution in [0, 0.1) is 16.5 Å². The number of hydrogen-bond donors (Lipinski definition) is 1. The number of nitrogens with two attached hydrogens (primary N) is 1. The van der Waals surface area contributed by atoms with Crippen LogP contribution in [0.15, 0.2) is 17.6 Å². The SMILES string of the molecule is Cn1cc(C#CCN)c2ccsc2c1=S. The molecular weight excluding hydrogens is 224 g/mol. The summed E-state index contributed by atoms with van der Waals surface area (Å²) in [7, 11) is 1.94. The minimum Gasteiger partial charge on any atom is -0.340 e. The maximum absolute atomic E-state index is 5.37. The number of hydrogen-bond acceptors (Lipinski definition) is 3. The summed E-state index contributed by atoms with van der Waals surface area (Å²) >= 11 is 6.97. The van der Waals surface area contributed by atoms with Crippen LogP contribution in [0.25, 0.3) is 10.1 Å². The highest BCUT2D eigenvalue weighted by Crippen LogP contribution is 2.24. The zero-order valence-electron chi connectivity index (χ0n) is 8.28. The predicted molar refractivity (Wildman–Crippen MR) is 67.6 cm³/mol. The maximum Gasteiger partial charge on any atom is 0.123 e. The Kier molecular flexibility index (Phi) is 2.87. The number of thiophene rings is 1. The number of pyridine rings is 1. The van der Waals surface area contributed by atoms with Gasteiger partial charge < -0.3 is 10.3 Å². The van der Waals surface area contributed by atoms with E-state index in [1.165, 1.54) is 0 Å². The Labute approximate surface area is 97.3 Å². The fourth-order valence-electron chi connectivity index (χ4n) is 1.41. The van der Waals surface area contributed by atoms with Crippen LogP contribution < -0.4 is 5.73 Å². The monoisotopic (exact) mass is 234 g/mol. The highest BCUT2D eigenvalue weighted by atomic mass is 32.1. The summed E-state index contributed by atoms with van der Waals surface area (Å²) in [5.74, 6) is 5.93. The Morgan fingerprint density at radius 1 is 1.60 bits per heavy atom. The van der Waals surface area contributed by atoms with Crippen molar-refractivity contribution in [3.8, 4) is 11.8 Å². The zero-order valence-corrected chi connectivity index (χ0v) is 9.91. The molecule has 2 nitrogen and oxygen atoms in total. The van der Waals surface area contributed by atoms with Crippen molar-refractivity contribution in [3.05, 3.63) is 27.8 Å². The molecule has 15 heavy (non-hydrogen) atoms. The molecule has 0 aliphatic carbocycles. The van der Waals surface area contributed by atoms with Crippen molar-refractivity contribution < 1.29 is 0 Å². The fourth-order valence-corrected chi connectivity index (χ4v) is 2.61. The molecule has 2 N–H and O–H groups in total. The second kappa shape index (κ2) is 4.15. The number of aromatic nitrogens is 1. The summed E-state index contributed by atoms with van der Waals surface area (Å²) in [5.41, 5.74) is 6.36. The van der Waals surface area contributed by atoms with E-state index in [0.29, 0.717) is 6.54 Å². The highest BCUT2D eigenvalue weighted by molar-refractivity contribution is 7.71. The second-order valence-electron chi connectivity index (χ2n) is 3.13. The average molecular weight is 234 g/mol. The van der Waals surface area contributed by atoms with E-state index in [0.717, 1.165) is 20.3 Å². The normalized spacial score (nSPS) is 10.0. The van der Waals surface area contributed by atoms with Crippen LogP contribution in [0.1, 0.15) is 5.56 Å². The molecule has 0 atom stereocenters. The molecule has 4 heteroatoms. The van der Waals surface area contributed by atoms with Gasteiger partial charge in [0.05, 0.1) is 11.2 Å². The average Bonchev–Trinajstić information content (AvgIpc) is 2.70. The molecule has 0 unspecified atom stereocenters. The Hall–Kier alpha value is -1.15. The first kappa shape index (κ1) is 10.4. The summed E-state index contributed by atoms with van der Waals surface area (Å²) in [6.07, 6.45) is 1.96. The lowest BCUT2D eigenvalue weighted by Crippen LogP contribution is -1.95. The number of aryl methyl sites for hydroxylation is 1. The molecule has 0 aromatic carbocycles. The first-order chi connectivity index (χ1) is 7.24. The lowest BCUT2D eigenvalue weighted by atomic mass is 10.2. The number of nitrogens with zero attached hydrogens (tertiary/aromatic N) is 1. The zero-order chi connectivity index (χ0) is 10.8. The molecular formula is C11H10N2S2. The first-order valence-electron chi connectivity index (χ1n) is 4.50.